The fourth-order valence-electron chi connectivity index (χ4n) is 6.17. The van der Waals surface area contributed by atoms with Crippen molar-refractivity contribution in [2.75, 3.05) is 11.6 Å². The first-order valence-corrected chi connectivity index (χ1v) is 13.5. The average molecular weight is 567 g/mol. The molecule has 6 nitrogen and oxygen atoms in total. The lowest BCUT2D eigenvalue weighted by molar-refractivity contribution is 0.304. The van der Waals surface area contributed by atoms with Crippen molar-refractivity contribution in [2.24, 2.45) is 18.1 Å². The number of hydrazone groups is 1. The van der Waals surface area contributed by atoms with E-state index in [9.17, 15) is 4.79 Å². The quantitative estimate of drug-likeness (QED) is 0.423. The van der Waals surface area contributed by atoms with E-state index in [-0.39, 0.29) is 11.1 Å². The molecular formula is C27H30IN5O. The summed E-state index contributed by atoms with van der Waals surface area (Å²) in [7, 11) is 1.83. The summed E-state index contributed by atoms with van der Waals surface area (Å²) in [6, 6.07) is 17.4. The molecule has 2 heterocycles. The summed E-state index contributed by atoms with van der Waals surface area (Å²) < 4.78 is 4.57. The molecule has 0 bridgehead atoms. The van der Waals surface area contributed by atoms with Gasteiger partial charge in [-0.25, -0.2) is 14.5 Å². The molecule has 6 rings (SSSR count). The molecule has 0 amide bonds. The third-order valence-corrected chi connectivity index (χ3v) is 8.69. The van der Waals surface area contributed by atoms with Crippen molar-refractivity contribution in [3.63, 3.8) is 0 Å². The van der Waals surface area contributed by atoms with E-state index in [2.05, 4.69) is 71.1 Å². The van der Waals surface area contributed by atoms with E-state index in [1.165, 1.54) is 46.8 Å². The van der Waals surface area contributed by atoms with Crippen LogP contribution in [0.4, 0.5) is 5.95 Å². The van der Waals surface area contributed by atoms with Crippen LogP contribution in [0.25, 0.3) is 0 Å². The van der Waals surface area contributed by atoms with E-state index in [0.29, 0.717) is 25.0 Å². The Morgan fingerprint density at radius 1 is 1.06 bits per heavy atom. The third kappa shape index (κ3) is 3.63. The van der Waals surface area contributed by atoms with Crippen LogP contribution < -0.4 is 10.7 Å². The zero-order valence-electron chi connectivity index (χ0n) is 19.6. The second kappa shape index (κ2) is 8.66. The van der Waals surface area contributed by atoms with Crippen LogP contribution in [0.2, 0.25) is 0 Å². The predicted molar refractivity (Wildman–Crippen MR) is 144 cm³/mol. The van der Waals surface area contributed by atoms with Crippen molar-refractivity contribution in [2.45, 2.75) is 56.9 Å². The second-order valence-electron chi connectivity index (χ2n) is 10.1. The van der Waals surface area contributed by atoms with Crippen molar-refractivity contribution in [3.05, 3.63) is 79.3 Å². The SMILES string of the molecule is Cn1c(N2C[C@]3(CCc4ccccc43)C(c3ccc(I)cc3)=N2)nn(CC2CCCCC2)c1=O. The highest BCUT2D eigenvalue weighted by Gasteiger charge is 2.49. The molecule has 34 heavy (non-hydrogen) atoms. The van der Waals surface area contributed by atoms with Crippen molar-refractivity contribution in [3.8, 4) is 0 Å². The molecule has 0 radical (unpaired) electrons. The second-order valence-corrected chi connectivity index (χ2v) is 11.3. The zero-order chi connectivity index (χ0) is 23.3. The molecule has 3 aliphatic rings. The number of anilines is 1. The van der Waals surface area contributed by atoms with Crippen molar-refractivity contribution < 1.29 is 0 Å². The van der Waals surface area contributed by atoms with Crippen LogP contribution in [0.1, 0.15) is 55.2 Å². The highest BCUT2D eigenvalue weighted by Crippen LogP contribution is 2.46. The molecule has 7 heteroatoms. The van der Waals surface area contributed by atoms with Gasteiger partial charge in [-0.2, -0.15) is 5.10 Å². The van der Waals surface area contributed by atoms with Crippen LogP contribution in [-0.2, 0) is 25.4 Å². The maximum atomic E-state index is 13.1. The first-order valence-electron chi connectivity index (χ1n) is 12.4. The minimum absolute atomic E-state index is 0.0423. The Labute approximate surface area is 213 Å². The van der Waals surface area contributed by atoms with Gasteiger partial charge in [-0.05, 0) is 83.0 Å². The smallest absolute Gasteiger partial charge is 0.263 e. The summed E-state index contributed by atoms with van der Waals surface area (Å²) in [6.45, 7) is 1.42. The van der Waals surface area contributed by atoms with Crippen LogP contribution in [0.5, 0.6) is 0 Å². The van der Waals surface area contributed by atoms with Gasteiger partial charge in [-0.15, -0.1) is 5.10 Å². The molecule has 0 saturated heterocycles. The van der Waals surface area contributed by atoms with E-state index in [1.807, 2.05) is 12.1 Å². The molecule has 1 aromatic heterocycles. The normalized spacial score (nSPS) is 22.4. The van der Waals surface area contributed by atoms with Crippen molar-refractivity contribution >= 4 is 34.3 Å². The number of hydrogen-bond acceptors (Lipinski definition) is 4. The Hall–Kier alpha value is -2.42. The van der Waals surface area contributed by atoms with Gasteiger partial charge in [0.2, 0.25) is 5.95 Å². The van der Waals surface area contributed by atoms with Crippen LogP contribution in [-0.4, -0.2) is 26.6 Å². The van der Waals surface area contributed by atoms with E-state index in [1.54, 1.807) is 9.25 Å². The van der Waals surface area contributed by atoms with Gasteiger partial charge in [0, 0.05) is 17.2 Å². The van der Waals surface area contributed by atoms with E-state index >= 15 is 0 Å². The molecule has 0 unspecified atom stereocenters. The fourth-order valence-corrected chi connectivity index (χ4v) is 6.53. The lowest BCUT2D eigenvalue weighted by Gasteiger charge is -2.27. The molecule has 2 aromatic carbocycles. The monoisotopic (exact) mass is 567 g/mol. The summed E-state index contributed by atoms with van der Waals surface area (Å²) in [4.78, 5) is 13.1. The molecule has 1 aliphatic heterocycles. The van der Waals surface area contributed by atoms with Crippen LogP contribution in [0, 0.1) is 9.49 Å². The minimum Gasteiger partial charge on any atom is -0.263 e. The summed E-state index contributed by atoms with van der Waals surface area (Å²) in [6.07, 6.45) is 8.28. The molecule has 1 spiro atoms. The van der Waals surface area contributed by atoms with Gasteiger partial charge in [-0.3, -0.25) is 4.57 Å². The lowest BCUT2D eigenvalue weighted by atomic mass is 9.75. The summed E-state index contributed by atoms with van der Waals surface area (Å²) in [5.41, 5.74) is 4.77. The fraction of sp³-hybridized carbons (Fsp3) is 0.444. The number of nitrogens with zero attached hydrogens (tertiary/aromatic N) is 5. The molecular weight excluding hydrogens is 537 g/mol. The minimum atomic E-state index is -0.188. The van der Waals surface area contributed by atoms with Gasteiger partial charge in [0.1, 0.15) is 0 Å². The number of hydrogen-bond donors (Lipinski definition) is 0. The standard InChI is InChI=1S/C27H30IN5O/c1-31-25(30-32(26(31)34)17-19-7-3-2-4-8-19)33-18-27(16-15-20-9-5-6-10-23(20)27)24(29-33)21-11-13-22(28)14-12-21/h5-6,9-14,19H,2-4,7-8,15-18H2,1H3/t27-/m0/s1. The number of rotatable bonds is 4. The van der Waals surface area contributed by atoms with E-state index < -0.39 is 0 Å². The van der Waals surface area contributed by atoms with Gasteiger partial charge in [0.25, 0.3) is 0 Å². The van der Waals surface area contributed by atoms with Crippen LogP contribution >= 0.6 is 22.6 Å². The molecule has 0 N–H and O–H groups in total. The summed E-state index contributed by atoms with van der Waals surface area (Å²) in [5, 5.41) is 12.0. The van der Waals surface area contributed by atoms with Crippen molar-refractivity contribution in [1.82, 2.24) is 14.3 Å². The van der Waals surface area contributed by atoms with E-state index in [4.69, 9.17) is 10.2 Å². The van der Waals surface area contributed by atoms with Gasteiger partial charge < -0.3 is 0 Å². The first kappa shape index (κ1) is 22.1. The molecule has 3 aromatic rings. The molecule has 1 saturated carbocycles. The summed E-state index contributed by atoms with van der Waals surface area (Å²) in [5.74, 6) is 1.19. The van der Waals surface area contributed by atoms with Gasteiger partial charge in [0.15, 0.2) is 0 Å². The van der Waals surface area contributed by atoms with Gasteiger partial charge >= 0.3 is 5.69 Å². The average Bonchev–Trinajstić information content (AvgIpc) is 3.51. The van der Waals surface area contributed by atoms with Gasteiger partial charge in [0.05, 0.1) is 17.7 Å². The lowest BCUT2D eigenvalue weighted by Crippen LogP contribution is -2.37. The Kier molecular flexibility index (Phi) is 5.62. The zero-order valence-corrected chi connectivity index (χ0v) is 21.7. The van der Waals surface area contributed by atoms with E-state index in [0.717, 1.165) is 24.1 Å². The number of fused-ring (bicyclic) bond motifs is 2. The largest absolute Gasteiger partial charge is 0.347 e. The Bertz CT molecular complexity index is 1300. The highest BCUT2D eigenvalue weighted by molar-refractivity contribution is 14.1. The maximum Gasteiger partial charge on any atom is 0.347 e. The number of benzene rings is 2. The maximum absolute atomic E-state index is 13.1. The topological polar surface area (TPSA) is 55.4 Å². The van der Waals surface area contributed by atoms with Crippen molar-refractivity contribution in [1.29, 1.82) is 0 Å². The van der Waals surface area contributed by atoms with Crippen LogP contribution in [0.15, 0.2) is 58.4 Å². The predicted octanol–water partition coefficient (Wildman–Crippen LogP) is 4.88. The number of aryl methyl sites for hydroxylation is 1. The number of halogens is 1. The van der Waals surface area contributed by atoms with Crippen LogP contribution in [0.3, 0.4) is 0 Å². The number of aromatic nitrogens is 3. The molecule has 2 aliphatic carbocycles. The molecule has 1 fully saturated rings. The molecule has 176 valence electrons. The Balaban J connectivity index is 1.41. The summed E-state index contributed by atoms with van der Waals surface area (Å²) >= 11 is 2.35. The Morgan fingerprint density at radius 3 is 2.62 bits per heavy atom. The Morgan fingerprint density at radius 2 is 1.82 bits per heavy atom. The molecule has 1 atom stereocenters. The third-order valence-electron chi connectivity index (χ3n) is 7.97. The first-order chi connectivity index (χ1) is 16.5. The van der Waals surface area contributed by atoms with Gasteiger partial charge in [-0.1, -0.05) is 55.7 Å². The highest BCUT2D eigenvalue weighted by atomic mass is 127.